The number of aromatic nitrogens is 2. The van der Waals surface area contributed by atoms with Crippen LogP contribution in [0, 0.1) is 5.92 Å². The summed E-state index contributed by atoms with van der Waals surface area (Å²) in [6, 6.07) is 1.32. The fourth-order valence-corrected chi connectivity index (χ4v) is 2.91. The predicted octanol–water partition coefficient (Wildman–Crippen LogP) is -0.909. The molecular formula is C12H17N5O3S. The Hall–Kier alpha value is -1.87. The van der Waals surface area contributed by atoms with E-state index in [9.17, 15) is 14.4 Å². The molecule has 1 saturated heterocycles. The minimum atomic E-state index is -0.242. The monoisotopic (exact) mass is 311 g/mol. The van der Waals surface area contributed by atoms with Gasteiger partial charge in [-0.15, -0.1) is 0 Å². The molecule has 0 bridgehead atoms. The van der Waals surface area contributed by atoms with Crippen LogP contribution in [0.4, 0.5) is 0 Å². The molecule has 1 aromatic rings. The lowest BCUT2D eigenvalue weighted by atomic mass is 9.96. The van der Waals surface area contributed by atoms with Gasteiger partial charge in [0.1, 0.15) is 0 Å². The van der Waals surface area contributed by atoms with E-state index < -0.39 is 0 Å². The number of carbonyl (C=O) groups is 2. The van der Waals surface area contributed by atoms with Crippen LogP contribution in [0.1, 0.15) is 12.8 Å². The summed E-state index contributed by atoms with van der Waals surface area (Å²) in [5.74, 6) is 4.98. The van der Waals surface area contributed by atoms with Gasteiger partial charge in [-0.1, -0.05) is 11.8 Å². The average molecular weight is 311 g/mol. The number of nitrogens with two attached hydrogens (primary N) is 1. The van der Waals surface area contributed by atoms with Crippen molar-refractivity contribution >= 4 is 23.6 Å². The smallest absolute Gasteiger partial charge is 0.251 e. The zero-order valence-corrected chi connectivity index (χ0v) is 12.2. The molecule has 1 aromatic heterocycles. The largest absolute Gasteiger partial charge is 0.342 e. The van der Waals surface area contributed by atoms with Crippen LogP contribution in [0.25, 0.3) is 0 Å². The lowest BCUT2D eigenvalue weighted by Crippen LogP contribution is -2.45. The molecule has 0 unspecified atom stereocenters. The highest BCUT2D eigenvalue weighted by Crippen LogP contribution is 2.19. The van der Waals surface area contributed by atoms with Crippen LogP contribution in [-0.2, 0) is 9.59 Å². The normalized spacial score (nSPS) is 15.8. The second-order valence-electron chi connectivity index (χ2n) is 4.69. The summed E-state index contributed by atoms with van der Waals surface area (Å²) in [7, 11) is 0. The Bertz CT molecular complexity index is 568. The second kappa shape index (κ2) is 7.23. The molecular weight excluding hydrogens is 294 g/mol. The Morgan fingerprint density at radius 1 is 1.48 bits per heavy atom. The molecule has 0 radical (unpaired) electrons. The maximum absolute atomic E-state index is 12.1. The van der Waals surface area contributed by atoms with E-state index in [0.717, 1.165) is 0 Å². The Labute approximate surface area is 125 Å². The van der Waals surface area contributed by atoms with E-state index in [4.69, 9.17) is 5.84 Å². The second-order valence-corrected chi connectivity index (χ2v) is 5.66. The topological polar surface area (TPSA) is 121 Å². The van der Waals surface area contributed by atoms with Crippen molar-refractivity contribution in [2.75, 3.05) is 18.8 Å². The SMILES string of the molecule is NNC(=O)C1CCN(C(=O)CSc2nccc(=O)[nH]2)CC1. The number of nitrogens with zero attached hydrogens (tertiary/aromatic N) is 2. The van der Waals surface area contributed by atoms with Crippen molar-refractivity contribution in [2.24, 2.45) is 11.8 Å². The Morgan fingerprint density at radius 3 is 2.81 bits per heavy atom. The number of hydrogen-bond acceptors (Lipinski definition) is 6. The van der Waals surface area contributed by atoms with E-state index in [1.54, 1.807) is 4.90 Å². The van der Waals surface area contributed by atoms with Crippen LogP contribution >= 0.6 is 11.8 Å². The fraction of sp³-hybridized carbons (Fsp3) is 0.500. The number of H-pyrrole nitrogens is 1. The first-order valence-corrected chi connectivity index (χ1v) is 7.55. The van der Waals surface area contributed by atoms with Gasteiger partial charge in [0.25, 0.3) is 5.56 Å². The molecule has 9 heteroatoms. The molecule has 21 heavy (non-hydrogen) atoms. The third-order valence-corrected chi connectivity index (χ3v) is 4.21. The van der Waals surface area contributed by atoms with Gasteiger partial charge in [-0.05, 0) is 12.8 Å². The third kappa shape index (κ3) is 4.30. The molecule has 4 N–H and O–H groups in total. The Balaban J connectivity index is 1.80. The number of likely N-dealkylation sites (tertiary alicyclic amines) is 1. The molecule has 1 aliphatic rings. The molecule has 1 aliphatic heterocycles. The van der Waals surface area contributed by atoms with E-state index in [1.165, 1.54) is 24.0 Å². The standard InChI is InChI=1S/C12H17N5O3S/c13-16-11(20)8-2-5-17(6-3-8)10(19)7-21-12-14-4-1-9(18)15-12/h1,4,8H,2-3,5-7,13H2,(H,16,20)(H,14,15,18). The number of thioether (sulfide) groups is 1. The van der Waals surface area contributed by atoms with Crippen molar-refractivity contribution in [2.45, 2.75) is 18.0 Å². The van der Waals surface area contributed by atoms with Gasteiger partial charge in [0.05, 0.1) is 5.75 Å². The molecule has 114 valence electrons. The first kappa shape index (κ1) is 15.5. The number of carbonyl (C=O) groups excluding carboxylic acids is 2. The minimum Gasteiger partial charge on any atom is -0.342 e. The van der Waals surface area contributed by atoms with Crippen LogP contribution in [0.3, 0.4) is 0 Å². The summed E-state index contributed by atoms with van der Waals surface area (Å²) in [6.45, 7) is 1.08. The lowest BCUT2D eigenvalue weighted by Gasteiger charge is -2.30. The summed E-state index contributed by atoms with van der Waals surface area (Å²) in [5, 5.41) is 0.424. The number of hydrazine groups is 1. The van der Waals surface area contributed by atoms with E-state index in [0.29, 0.717) is 31.1 Å². The van der Waals surface area contributed by atoms with Crippen molar-refractivity contribution in [3.05, 3.63) is 22.6 Å². The molecule has 2 amide bonds. The molecule has 0 spiro atoms. The lowest BCUT2D eigenvalue weighted by molar-refractivity contribution is -0.133. The van der Waals surface area contributed by atoms with Crippen molar-refractivity contribution < 1.29 is 9.59 Å². The van der Waals surface area contributed by atoms with Gasteiger partial charge in [-0.2, -0.15) is 0 Å². The number of hydrogen-bond donors (Lipinski definition) is 3. The number of amides is 2. The molecule has 0 saturated carbocycles. The minimum absolute atomic E-state index is 0.0295. The zero-order valence-electron chi connectivity index (χ0n) is 11.4. The van der Waals surface area contributed by atoms with Gasteiger partial charge < -0.3 is 9.88 Å². The van der Waals surface area contributed by atoms with E-state index >= 15 is 0 Å². The van der Waals surface area contributed by atoms with Gasteiger partial charge in [0.15, 0.2) is 5.16 Å². The van der Waals surface area contributed by atoms with Crippen LogP contribution in [0.2, 0.25) is 0 Å². The van der Waals surface area contributed by atoms with E-state index in [1.807, 2.05) is 0 Å². The molecule has 8 nitrogen and oxygen atoms in total. The van der Waals surface area contributed by atoms with Crippen molar-refractivity contribution in [3.8, 4) is 0 Å². The number of aromatic amines is 1. The number of nitrogens with one attached hydrogen (secondary N) is 2. The van der Waals surface area contributed by atoms with Gasteiger partial charge in [-0.25, -0.2) is 10.8 Å². The number of piperidine rings is 1. The molecule has 0 atom stereocenters. The van der Waals surface area contributed by atoms with Gasteiger partial charge in [-0.3, -0.25) is 19.8 Å². The maximum atomic E-state index is 12.1. The average Bonchev–Trinajstić information content (AvgIpc) is 2.52. The summed E-state index contributed by atoms with van der Waals surface area (Å²) < 4.78 is 0. The van der Waals surface area contributed by atoms with Crippen molar-refractivity contribution in [1.29, 1.82) is 0 Å². The summed E-state index contributed by atoms with van der Waals surface area (Å²) in [6.07, 6.45) is 2.63. The molecule has 0 aliphatic carbocycles. The zero-order chi connectivity index (χ0) is 15.2. The van der Waals surface area contributed by atoms with Crippen molar-refractivity contribution in [3.63, 3.8) is 0 Å². The van der Waals surface area contributed by atoms with E-state index in [2.05, 4.69) is 15.4 Å². The van der Waals surface area contributed by atoms with Gasteiger partial charge >= 0.3 is 0 Å². The van der Waals surface area contributed by atoms with Crippen molar-refractivity contribution in [1.82, 2.24) is 20.3 Å². The third-order valence-electron chi connectivity index (χ3n) is 3.34. The number of rotatable bonds is 4. The summed E-state index contributed by atoms with van der Waals surface area (Å²) in [4.78, 5) is 42.8. The highest BCUT2D eigenvalue weighted by molar-refractivity contribution is 7.99. The van der Waals surface area contributed by atoms with E-state index in [-0.39, 0.29) is 29.0 Å². The molecule has 0 aromatic carbocycles. The summed E-state index contributed by atoms with van der Waals surface area (Å²) >= 11 is 1.19. The van der Waals surface area contributed by atoms with Gasteiger partial charge in [0.2, 0.25) is 11.8 Å². The highest BCUT2D eigenvalue weighted by Gasteiger charge is 2.26. The van der Waals surface area contributed by atoms with Gasteiger partial charge in [0, 0.05) is 31.3 Å². The van der Waals surface area contributed by atoms with Crippen LogP contribution in [0.5, 0.6) is 0 Å². The molecule has 2 rings (SSSR count). The maximum Gasteiger partial charge on any atom is 0.251 e. The first-order valence-electron chi connectivity index (χ1n) is 6.56. The summed E-state index contributed by atoms with van der Waals surface area (Å²) in [5.41, 5.74) is 1.90. The Morgan fingerprint density at radius 2 is 2.19 bits per heavy atom. The fourth-order valence-electron chi connectivity index (χ4n) is 2.16. The van der Waals surface area contributed by atoms with Crippen LogP contribution in [-0.4, -0.2) is 45.5 Å². The Kier molecular flexibility index (Phi) is 5.34. The molecule has 1 fully saturated rings. The predicted molar refractivity (Wildman–Crippen MR) is 77.2 cm³/mol. The van der Waals surface area contributed by atoms with Crippen LogP contribution < -0.4 is 16.8 Å². The van der Waals surface area contributed by atoms with Crippen LogP contribution in [0.15, 0.2) is 22.2 Å². The molecule has 2 heterocycles. The first-order chi connectivity index (χ1) is 10.1. The quantitative estimate of drug-likeness (QED) is 0.218. The highest BCUT2D eigenvalue weighted by atomic mass is 32.2.